The molecule has 7 heteroatoms. The second kappa shape index (κ2) is 5.45. The molecule has 0 spiro atoms. The van der Waals surface area contributed by atoms with E-state index in [-0.39, 0.29) is 16.4 Å². The molecular weight excluding hydrogens is 312 g/mol. The van der Waals surface area contributed by atoms with Gasteiger partial charge in [0.25, 0.3) is 0 Å². The average Bonchev–Trinajstić information content (AvgIpc) is 2.88. The maximum absolute atomic E-state index is 12.6. The lowest BCUT2D eigenvalue weighted by molar-refractivity contribution is 0.151. The van der Waals surface area contributed by atoms with E-state index in [0.717, 1.165) is 31.7 Å². The zero-order valence-electron chi connectivity index (χ0n) is 12.3. The van der Waals surface area contributed by atoms with Gasteiger partial charge >= 0.3 is 5.76 Å². The van der Waals surface area contributed by atoms with Crippen LogP contribution in [0.4, 0.5) is 14.5 Å². The number of fused-ring (bicyclic) bond motifs is 1. The van der Waals surface area contributed by atoms with Crippen molar-refractivity contribution in [1.82, 2.24) is 0 Å². The smallest absolute Gasteiger partial charge is 0.341 e. The van der Waals surface area contributed by atoms with Crippen molar-refractivity contribution in [2.75, 3.05) is 24.7 Å². The highest BCUT2D eigenvalue weighted by molar-refractivity contribution is 7.91. The Morgan fingerprint density at radius 1 is 1.32 bits per heavy atom. The molecular formula is C15H19F2NO3S. The lowest BCUT2D eigenvalue weighted by Crippen LogP contribution is -2.50. The van der Waals surface area contributed by atoms with Crippen molar-refractivity contribution in [3.8, 4) is 0 Å². The Balaban J connectivity index is 1.87. The maximum Gasteiger partial charge on any atom is 0.341 e. The predicted molar refractivity (Wildman–Crippen MR) is 78.9 cm³/mol. The van der Waals surface area contributed by atoms with E-state index in [1.54, 1.807) is 12.1 Å². The van der Waals surface area contributed by atoms with E-state index in [2.05, 4.69) is 11.8 Å². The molecule has 0 saturated carbocycles. The van der Waals surface area contributed by atoms with E-state index in [9.17, 15) is 17.2 Å². The minimum Gasteiger partial charge on any atom is -0.379 e. The van der Waals surface area contributed by atoms with Crippen molar-refractivity contribution in [3.05, 3.63) is 24.3 Å². The molecule has 2 fully saturated rings. The highest BCUT2D eigenvalue weighted by Crippen LogP contribution is 2.42. The normalized spacial score (nSPS) is 28.9. The number of anilines is 1. The molecule has 0 N–H and O–H groups in total. The first-order valence-electron chi connectivity index (χ1n) is 7.31. The van der Waals surface area contributed by atoms with Crippen LogP contribution in [0, 0.1) is 5.41 Å². The fourth-order valence-electron chi connectivity index (χ4n) is 3.45. The Kier molecular flexibility index (Phi) is 3.89. The molecule has 0 unspecified atom stereocenters. The summed E-state index contributed by atoms with van der Waals surface area (Å²) in [4.78, 5) is 1.86. The zero-order valence-corrected chi connectivity index (χ0v) is 13.2. The Hall–Kier alpha value is -1.21. The number of ether oxygens (including phenoxy) is 1. The Labute approximate surface area is 129 Å². The number of rotatable bonds is 3. The first kappa shape index (κ1) is 15.7. The summed E-state index contributed by atoms with van der Waals surface area (Å²) < 4.78 is 53.7. The van der Waals surface area contributed by atoms with Crippen LogP contribution in [-0.2, 0) is 14.6 Å². The van der Waals surface area contributed by atoms with E-state index < -0.39 is 15.6 Å². The summed E-state index contributed by atoms with van der Waals surface area (Å²) in [5.41, 5.74) is 0.959. The Bertz CT molecular complexity index is 647. The summed E-state index contributed by atoms with van der Waals surface area (Å²) in [6.07, 6.45) is 2.14. The highest BCUT2D eigenvalue weighted by atomic mass is 32.2. The molecule has 1 aromatic rings. The maximum atomic E-state index is 12.6. The van der Waals surface area contributed by atoms with Crippen LogP contribution in [0.25, 0.3) is 0 Å². The van der Waals surface area contributed by atoms with Gasteiger partial charge in [-0.2, -0.15) is 8.78 Å². The molecule has 122 valence electrons. The topological polar surface area (TPSA) is 46.6 Å². The average molecular weight is 331 g/mol. The fourth-order valence-corrected chi connectivity index (χ4v) is 4.18. The quantitative estimate of drug-likeness (QED) is 0.854. The molecule has 2 atom stereocenters. The van der Waals surface area contributed by atoms with Gasteiger partial charge < -0.3 is 9.64 Å². The summed E-state index contributed by atoms with van der Waals surface area (Å²) in [7, 11) is -4.53. The SMILES string of the molecule is C[C@@]12CCCN(c3ccc(S(=O)(=O)C(F)F)cc3)[C@@H]1COC2. The monoisotopic (exact) mass is 331 g/mol. The summed E-state index contributed by atoms with van der Waals surface area (Å²) in [6, 6.07) is 5.99. The van der Waals surface area contributed by atoms with Gasteiger partial charge in [0.05, 0.1) is 24.2 Å². The van der Waals surface area contributed by atoms with E-state index in [4.69, 9.17) is 4.74 Å². The van der Waals surface area contributed by atoms with Gasteiger partial charge in [-0.05, 0) is 37.1 Å². The molecule has 22 heavy (non-hydrogen) atoms. The molecule has 2 saturated heterocycles. The molecule has 0 bridgehead atoms. The van der Waals surface area contributed by atoms with Gasteiger partial charge in [0, 0.05) is 17.6 Å². The number of sulfone groups is 1. The predicted octanol–water partition coefficient (Wildman–Crippen LogP) is 2.69. The molecule has 0 aliphatic carbocycles. The van der Waals surface area contributed by atoms with Crippen LogP contribution in [0.1, 0.15) is 19.8 Å². The number of alkyl halides is 2. The van der Waals surface area contributed by atoms with Crippen LogP contribution in [-0.4, -0.2) is 40.0 Å². The van der Waals surface area contributed by atoms with Crippen LogP contribution in [0.5, 0.6) is 0 Å². The van der Waals surface area contributed by atoms with E-state index in [1.807, 2.05) is 0 Å². The number of nitrogens with zero attached hydrogens (tertiary/aromatic N) is 1. The number of benzene rings is 1. The summed E-state index contributed by atoms with van der Waals surface area (Å²) in [5.74, 6) is -3.39. The molecule has 2 aliphatic heterocycles. The van der Waals surface area contributed by atoms with Gasteiger partial charge in [0.2, 0.25) is 9.84 Å². The lowest BCUT2D eigenvalue weighted by Gasteiger charge is -2.44. The third-order valence-corrected chi connectivity index (χ3v) is 6.16. The van der Waals surface area contributed by atoms with Crippen molar-refractivity contribution in [2.24, 2.45) is 5.41 Å². The molecule has 2 aliphatic rings. The number of halogens is 2. The van der Waals surface area contributed by atoms with Gasteiger partial charge in [0.1, 0.15) is 0 Å². The van der Waals surface area contributed by atoms with Gasteiger partial charge in [-0.15, -0.1) is 0 Å². The van der Waals surface area contributed by atoms with Crippen molar-refractivity contribution < 1.29 is 21.9 Å². The van der Waals surface area contributed by atoms with Crippen LogP contribution in [0.15, 0.2) is 29.2 Å². The molecule has 4 nitrogen and oxygen atoms in total. The minimum atomic E-state index is -4.53. The van der Waals surface area contributed by atoms with Crippen molar-refractivity contribution in [1.29, 1.82) is 0 Å². The number of piperidine rings is 1. The van der Waals surface area contributed by atoms with Gasteiger partial charge in [-0.3, -0.25) is 0 Å². The van der Waals surface area contributed by atoms with Crippen LogP contribution < -0.4 is 4.90 Å². The van der Waals surface area contributed by atoms with E-state index in [0.29, 0.717) is 6.61 Å². The minimum absolute atomic E-state index is 0.103. The van der Waals surface area contributed by atoms with Gasteiger partial charge in [-0.25, -0.2) is 8.42 Å². The molecule has 1 aromatic carbocycles. The van der Waals surface area contributed by atoms with Crippen molar-refractivity contribution in [3.63, 3.8) is 0 Å². The molecule has 0 aromatic heterocycles. The van der Waals surface area contributed by atoms with Crippen LogP contribution in [0.2, 0.25) is 0 Å². The van der Waals surface area contributed by atoms with Crippen molar-refractivity contribution in [2.45, 2.75) is 36.5 Å². The molecule has 3 rings (SSSR count). The van der Waals surface area contributed by atoms with E-state index >= 15 is 0 Å². The third-order valence-electron chi connectivity index (χ3n) is 4.77. The molecule has 2 heterocycles. The van der Waals surface area contributed by atoms with Crippen molar-refractivity contribution >= 4 is 15.5 Å². The Morgan fingerprint density at radius 3 is 2.64 bits per heavy atom. The first-order chi connectivity index (χ1) is 10.3. The summed E-state index contributed by atoms with van der Waals surface area (Å²) >= 11 is 0. The third kappa shape index (κ3) is 2.50. The highest BCUT2D eigenvalue weighted by Gasteiger charge is 2.45. The largest absolute Gasteiger partial charge is 0.379 e. The second-order valence-corrected chi connectivity index (χ2v) is 8.20. The summed E-state index contributed by atoms with van der Waals surface area (Å²) in [6.45, 7) is 4.44. The van der Waals surface area contributed by atoms with Gasteiger partial charge in [0.15, 0.2) is 0 Å². The lowest BCUT2D eigenvalue weighted by atomic mass is 9.77. The Morgan fingerprint density at radius 2 is 2.00 bits per heavy atom. The molecule has 0 radical (unpaired) electrons. The number of hydrogen-bond donors (Lipinski definition) is 0. The standard InChI is InChI=1S/C15H19F2NO3S/c1-15-7-2-8-18(13(15)9-21-10-15)11-3-5-12(6-4-11)22(19,20)14(16)17/h3-6,13-14H,2,7-10H2,1H3/t13-,15+/m1/s1. The number of hydrogen-bond acceptors (Lipinski definition) is 4. The zero-order chi connectivity index (χ0) is 16.0. The second-order valence-electron chi connectivity index (χ2n) is 6.28. The van der Waals surface area contributed by atoms with Crippen LogP contribution in [0.3, 0.4) is 0 Å². The fraction of sp³-hybridized carbons (Fsp3) is 0.600. The van der Waals surface area contributed by atoms with Crippen LogP contribution >= 0.6 is 0 Å². The first-order valence-corrected chi connectivity index (χ1v) is 8.86. The summed E-state index contributed by atoms with van der Waals surface area (Å²) in [5, 5.41) is 0. The molecule has 0 amide bonds. The van der Waals surface area contributed by atoms with Gasteiger partial charge in [-0.1, -0.05) is 6.92 Å². The van der Waals surface area contributed by atoms with E-state index in [1.165, 1.54) is 12.1 Å².